The zero-order valence-corrected chi connectivity index (χ0v) is 11.0. The largest absolute Gasteiger partial charge is 0.391 e. The highest BCUT2D eigenvalue weighted by Crippen LogP contribution is 2.23. The fourth-order valence-electron chi connectivity index (χ4n) is 1.96. The van der Waals surface area contributed by atoms with Crippen LogP contribution in [0.4, 0.5) is 4.39 Å². The SMILES string of the molecule is N[C@@H](c1ccc(Cl)cc1F)[C@H](O)Cc1ccccc1. The summed E-state index contributed by atoms with van der Waals surface area (Å²) < 4.78 is 13.7. The van der Waals surface area contributed by atoms with E-state index in [4.69, 9.17) is 17.3 Å². The molecule has 0 fully saturated rings. The molecule has 0 aromatic heterocycles. The Morgan fingerprint density at radius 3 is 2.47 bits per heavy atom. The Morgan fingerprint density at radius 2 is 1.84 bits per heavy atom. The average molecular weight is 280 g/mol. The molecule has 0 heterocycles. The van der Waals surface area contributed by atoms with Gasteiger partial charge in [-0.2, -0.15) is 0 Å². The number of benzene rings is 2. The summed E-state index contributed by atoms with van der Waals surface area (Å²) in [6.45, 7) is 0. The minimum Gasteiger partial charge on any atom is -0.391 e. The predicted molar refractivity (Wildman–Crippen MR) is 74.5 cm³/mol. The van der Waals surface area contributed by atoms with Crippen molar-refractivity contribution >= 4 is 11.6 Å². The molecule has 0 amide bonds. The second-order valence-electron chi connectivity index (χ2n) is 4.45. The van der Waals surface area contributed by atoms with Gasteiger partial charge in [-0.25, -0.2) is 4.39 Å². The molecule has 2 atom stereocenters. The molecule has 0 saturated carbocycles. The van der Waals surface area contributed by atoms with Gasteiger partial charge in [-0.15, -0.1) is 0 Å². The normalized spacial score (nSPS) is 14.1. The summed E-state index contributed by atoms with van der Waals surface area (Å²) in [5.41, 5.74) is 7.13. The van der Waals surface area contributed by atoms with Crippen LogP contribution in [0.3, 0.4) is 0 Å². The number of nitrogens with two attached hydrogens (primary N) is 1. The van der Waals surface area contributed by atoms with Crippen LogP contribution in [0.1, 0.15) is 17.2 Å². The zero-order chi connectivity index (χ0) is 13.8. The molecule has 0 aliphatic heterocycles. The van der Waals surface area contributed by atoms with Crippen molar-refractivity contribution in [3.63, 3.8) is 0 Å². The predicted octanol–water partition coefficient (Wildman–Crippen LogP) is 3.08. The van der Waals surface area contributed by atoms with Gasteiger partial charge in [0.05, 0.1) is 12.1 Å². The number of hydrogen-bond acceptors (Lipinski definition) is 2. The van der Waals surface area contributed by atoms with Crippen LogP contribution in [-0.2, 0) is 6.42 Å². The summed E-state index contributed by atoms with van der Waals surface area (Å²) in [6, 6.07) is 13.0. The van der Waals surface area contributed by atoms with Crippen LogP contribution >= 0.6 is 11.6 Å². The van der Waals surface area contributed by atoms with E-state index >= 15 is 0 Å². The second-order valence-corrected chi connectivity index (χ2v) is 4.89. The van der Waals surface area contributed by atoms with Crippen molar-refractivity contribution < 1.29 is 9.50 Å². The van der Waals surface area contributed by atoms with E-state index in [1.807, 2.05) is 30.3 Å². The van der Waals surface area contributed by atoms with Gasteiger partial charge in [0.25, 0.3) is 0 Å². The number of aliphatic hydroxyl groups excluding tert-OH is 1. The highest BCUT2D eigenvalue weighted by Gasteiger charge is 2.20. The fraction of sp³-hybridized carbons (Fsp3) is 0.200. The van der Waals surface area contributed by atoms with E-state index in [1.54, 1.807) is 6.07 Å². The molecule has 0 spiro atoms. The summed E-state index contributed by atoms with van der Waals surface area (Å²) in [7, 11) is 0. The third kappa shape index (κ3) is 3.53. The van der Waals surface area contributed by atoms with Crippen LogP contribution in [0.5, 0.6) is 0 Å². The molecule has 19 heavy (non-hydrogen) atoms. The Bertz CT molecular complexity index is 547. The summed E-state index contributed by atoms with van der Waals surface area (Å²) >= 11 is 5.69. The topological polar surface area (TPSA) is 46.2 Å². The maximum Gasteiger partial charge on any atom is 0.129 e. The van der Waals surface area contributed by atoms with Crippen LogP contribution in [0.15, 0.2) is 48.5 Å². The lowest BCUT2D eigenvalue weighted by Crippen LogP contribution is -2.28. The lowest BCUT2D eigenvalue weighted by atomic mass is 9.96. The number of halogens is 2. The van der Waals surface area contributed by atoms with Crippen molar-refractivity contribution in [2.45, 2.75) is 18.6 Å². The van der Waals surface area contributed by atoms with Crippen LogP contribution < -0.4 is 5.73 Å². The molecule has 4 heteroatoms. The van der Waals surface area contributed by atoms with Crippen LogP contribution in [0.2, 0.25) is 5.02 Å². The van der Waals surface area contributed by atoms with Gasteiger partial charge in [-0.05, 0) is 17.7 Å². The zero-order valence-electron chi connectivity index (χ0n) is 10.3. The van der Waals surface area contributed by atoms with E-state index in [0.717, 1.165) is 5.56 Å². The highest BCUT2D eigenvalue weighted by atomic mass is 35.5. The standard InChI is InChI=1S/C15H15ClFNO/c16-11-6-7-12(13(17)9-11)15(18)14(19)8-10-4-2-1-3-5-10/h1-7,9,14-15,19H,8,18H2/t14-,15+/m1/s1. The molecular formula is C15H15ClFNO. The van der Waals surface area contributed by atoms with Crippen molar-refractivity contribution in [2.24, 2.45) is 5.73 Å². The van der Waals surface area contributed by atoms with Crippen LogP contribution in [-0.4, -0.2) is 11.2 Å². The minimum absolute atomic E-state index is 0.271. The molecule has 2 aromatic carbocycles. The van der Waals surface area contributed by atoms with Gasteiger partial charge in [-0.1, -0.05) is 48.0 Å². The molecule has 0 radical (unpaired) electrons. The molecule has 100 valence electrons. The molecule has 0 unspecified atom stereocenters. The molecule has 0 aliphatic carbocycles. The van der Waals surface area contributed by atoms with E-state index < -0.39 is 18.0 Å². The van der Waals surface area contributed by atoms with Gasteiger partial charge in [0.15, 0.2) is 0 Å². The molecule has 0 aliphatic rings. The molecule has 2 nitrogen and oxygen atoms in total. The molecule has 3 N–H and O–H groups in total. The summed E-state index contributed by atoms with van der Waals surface area (Å²) in [5, 5.41) is 10.4. The Kier molecular flexibility index (Phi) is 4.53. The van der Waals surface area contributed by atoms with Gasteiger partial charge < -0.3 is 10.8 Å². The van der Waals surface area contributed by atoms with Crippen LogP contribution in [0.25, 0.3) is 0 Å². The first-order valence-electron chi connectivity index (χ1n) is 6.00. The maximum absolute atomic E-state index is 13.7. The second kappa shape index (κ2) is 6.15. The van der Waals surface area contributed by atoms with Gasteiger partial charge in [0.1, 0.15) is 5.82 Å². The summed E-state index contributed by atoms with van der Waals surface area (Å²) in [5.74, 6) is -0.493. The number of aliphatic hydroxyl groups is 1. The molecule has 2 aromatic rings. The van der Waals surface area contributed by atoms with Crippen molar-refractivity contribution in [3.8, 4) is 0 Å². The Labute approximate surface area is 116 Å². The lowest BCUT2D eigenvalue weighted by molar-refractivity contribution is 0.143. The first-order chi connectivity index (χ1) is 9.08. The Hall–Kier alpha value is -1.42. The van der Waals surface area contributed by atoms with E-state index in [-0.39, 0.29) is 5.56 Å². The minimum atomic E-state index is -0.849. The number of hydrogen-bond donors (Lipinski definition) is 2. The smallest absolute Gasteiger partial charge is 0.129 e. The first kappa shape index (κ1) is 14.0. The third-order valence-corrected chi connectivity index (χ3v) is 3.26. The van der Waals surface area contributed by atoms with Gasteiger partial charge >= 0.3 is 0 Å². The average Bonchev–Trinajstić information content (AvgIpc) is 2.39. The van der Waals surface area contributed by atoms with Gasteiger partial charge in [0.2, 0.25) is 0 Å². The molecule has 2 rings (SSSR count). The quantitative estimate of drug-likeness (QED) is 0.903. The summed E-state index contributed by atoms with van der Waals surface area (Å²) in [6.07, 6.45) is -0.470. The van der Waals surface area contributed by atoms with E-state index in [1.165, 1.54) is 12.1 Å². The van der Waals surface area contributed by atoms with Crippen molar-refractivity contribution in [2.75, 3.05) is 0 Å². The van der Waals surface area contributed by atoms with Crippen LogP contribution in [0, 0.1) is 5.82 Å². The highest BCUT2D eigenvalue weighted by molar-refractivity contribution is 6.30. The van der Waals surface area contributed by atoms with Crippen molar-refractivity contribution in [3.05, 3.63) is 70.5 Å². The molecular weight excluding hydrogens is 265 g/mol. The van der Waals surface area contributed by atoms with E-state index in [9.17, 15) is 9.50 Å². The first-order valence-corrected chi connectivity index (χ1v) is 6.38. The number of rotatable bonds is 4. The van der Waals surface area contributed by atoms with Gasteiger partial charge in [0, 0.05) is 17.0 Å². The fourth-order valence-corrected chi connectivity index (χ4v) is 2.12. The lowest BCUT2D eigenvalue weighted by Gasteiger charge is -2.20. The monoisotopic (exact) mass is 279 g/mol. The van der Waals surface area contributed by atoms with E-state index in [0.29, 0.717) is 11.4 Å². The van der Waals surface area contributed by atoms with Gasteiger partial charge in [-0.3, -0.25) is 0 Å². The van der Waals surface area contributed by atoms with E-state index in [2.05, 4.69) is 0 Å². The van der Waals surface area contributed by atoms with Crippen molar-refractivity contribution in [1.82, 2.24) is 0 Å². The molecule has 0 bridgehead atoms. The Balaban J connectivity index is 2.12. The summed E-state index contributed by atoms with van der Waals surface area (Å²) in [4.78, 5) is 0. The maximum atomic E-state index is 13.7. The third-order valence-electron chi connectivity index (χ3n) is 3.02. The molecule has 0 saturated heterocycles. The van der Waals surface area contributed by atoms with Crippen molar-refractivity contribution in [1.29, 1.82) is 0 Å². The Morgan fingerprint density at radius 1 is 1.16 bits per heavy atom.